The van der Waals surface area contributed by atoms with Crippen molar-refractivity contribution in [1.29, 1.82) is 0 Å². The Hall–Kier alpha value is -0.610. The summed E-state index contributed by atoms with van der Waals surface area (Å²) in [5.41, 5.74) is 0. The van der Waals surface area contributed by atoms with Crippen molar-refractivity contribution in [3.63, 3.8) is 0 Å². The zero-order valence-electron chi connectivity index (χ0n) is 7.50. The molecule has 0 unspecified atom stereocenters. The van der Waals surface area contributed by atoms with E-state index < -0.39 is 0 Å². The number of nitrogens with one attached hydrogen (secondary N) is 1. The Kier molecular flexibility index (Phi) is 3.49. The number of hydrogen-bond donors (Lipinski definition) is 1. The highest BCUT2D eigenvalue weighted by atomic mass is 16.5. The molecular weight excluding hydrogens is 158 g/mol. The summed E-state index contributed by atoms with van der Waals surface area (Å²) < 4.78 is 10.0. The largest absolute Gasteiger partial charge is 0.377 e. The maximum Gasteiger partial charge on any atom is 0.246 e. The Balaban J connectivity index is 2.03. The number of hydrogen-bond acceptors (Lipinski definition) is 3. The zero-order valence-corrected chi connectivity index (χ0v) is 7.50. The van der Waals surface area contributed by atoms with Crippen molar-refractivity contribution in [1.82, 2.24) is 5.32 Å². The van der Waals surface area contributed by atoms with Gasteiger partial charge >= 0.3 is 0 Å². The molecule has 1 saturated heterocycles. The number of ether oxygens (including phenoxy) is 2. The molecule has 0 spiro atoms. The van der Waals surface area contributed by atoms with Crippen molar-refractivity contribution in [2.45, 2.75) is 26.0 Å². The van der Waals surface area contributed by atoms with Gasteiger partial charge in [-0.15, -0.1) is 0 Å². The second-order valence-corrected chi connectivity index (χ2v) is 3.16. The van der Waals surface area contributed by atoms with E-state index in [1.807, 2.05) is 13.8 Å². The maximum atomic E-state index is 11.1. The van der Waals surface area contributed by atoms with Crippen LogP contribution in [-0.2, 0) is 14.3 Å². The van der Waals surface area contributed by atoms with Gasteiger partial charge in [-0.25, -0.2) is 0 Å². The van der Waals surface area contributed by atoms with E-state index in [1.165, 1.54) is 0 Å². The lowest BCUT2D eigenvalue weighted by Gasteiger charge is -2.26. The van der Waals surface area contributed by atoms with E-state index in [9.17, 15) is 4.79 Å². The van der Waals surface area contributed by atoms with Crippen LogP contribution in [0.25, 0.3) is 0 Å². The van der Waals surface area contributed by atoms with Gasteiger partial charge in [0.2, 0.25) is 5.91 Å². The average Bonchev–Trinajstić information content (AvgIpc) is 1.93. The summed E-state index contributed by atoms with van der Waals surface area (Å²) in [6.45, 7) is 5.22. The number of carbonyl (C=O) groups is 1. The molecule has 0 radical (unpaired) electrons. The summed E-state index contributed by atoms with van der Waals surface area (Å²) in [6.07, 6.45) is 0.105. The van der Waals surface area contributed by atoms with E-state index >= 15 is 0 Å². The molecule has 4 nitrogen and oxygen atoms in total. The summed E-state index contributed by atoms with van der Waals surface area (Å²) in [4.78, 5) is 11.1. The van der Waals surface area contributed by atoms with E-state index in [-0.39, 0.29) is 24.7 Å². The van der Waals surface area contributed by atoms with Crippen LogP contribution in [0.1, 0.15) is 13.8 Å². The molecule has 1 aliphatic heterocycles. The van der Waals surface area contributed by atoms with Crippen LogP contribution in [0.5, 0.6) is 0 Å². The van der Waals surface area contributed by atoms with Crippen LogP contribution in [0.2, 0.25) is 0 Å². The summed E-state index contributed by atoms with van der Waals surface area (Å²) in [6, 6.07) is 0.202. The third-order valence-electron chi connectivity index (χ3n) is 1.55. The topological polar surface area (TPSA) is 47.6 Å². The van der Waals surface area contributed by atoms with Crippen LogP contribution in [0.3, 0.4) is 0 Å². The highest BCUT2D eigenvalue weighted by Crippen LogP contribution is 1.99. The van der Waals surface area contributed by atoms with Crippen LogP contribution in [0.15, 0.2) is 0 Å². The van der Waals surface area contributed by atoms with Crippen LogP contribution >= 0.6 is 0 Å². The number of amides is 1. The predicted octanol–water partition coefficient (Wildman–Crippen LogP) is -0.0736. The third kappa shape index (κ3) is 3.19. The molecule has 1 amide bonds. The Labute approximate surface area is 72.2 Å². The SMILES string of the molecule is CC(C)OCC(=O)NC1COC1. The van der Waals surface area contributed by atoms with Crippen LogP contribution < -0.4 is 5.32 Å². The van der Waals surface area contributed by atoms with Crippen molar-refractivity contribution in [3.8, 4) is 0 Å². The van der Waals surface area contributed by atoms with Crippen molar-refractivity contribution in [2.24, 2.45) is 0 Å². The van der Waals surface area contributed by atoms with E-state index in [1.54, 1.807) is 0 Å². The fraction of sp³-hybridized carbons (Fsp3) is 0.875. The second kappa shape index (κ2) is 4.42. The molecule has 0 aromatic rings. The van der Waals surface area contributed by atoms with Crippen molar-refractivity contribution < 1.29 is 14.3 Å². The first-order chi connectivity index (χ1) is 5.68. The molecule has 0 atom stereocenters. The van der Waals surface area contributed by atoms with Gasteiger partial charge in [0.05, 0.1) is 25.4 Å². The van der Waals surface area contributed by atoms with Gasteiger partial charge in [-0.1, -0.05) is 0 Å². The molecule has 1 rings (SSSR count). The summed E-state index contributed by atoms with van der Waals surface area (Å²) >= 11 is 0. The van der Waals surface area contributed by atoms with E-state index in [4.69, 9.17) is 9.47 Å². The van der Waals surface area contributed by atoms with Crippen LogP contribution in [-0.4, -0.2) is 37.9 Å². The molecule has 0 saturated carbocycles. The highest BCUT2D eigenvalue weighted by Gasteiger charge is 2.20. The van der Waals surface area contributed by atoms with Gasteiger partial charge < -0.3 is 14.8 Å². The molecular formula is C8H15NO3. The minimum Gasteiger partial charge on any atom is -0.377 e. The molecule has 1 fully saturated rings. The smallest absolute Gasteiger partial charge is 0.246 e. The van der Waals surface area contributed by atoms with Crippen LogP contribution in [0.4, 0.5) is 0 Å². The van der Waals surface area contributed by atoms with Crippen molar-refractivity contribution in [3.05, 3.63) is 0 Å². The molecule has 70 valence electrons. The standard InChI is InChI=1S/C8H15NO3/c1-6(2)12-5-8(10)9-7-3-11-4-7/h6-7H,3-5H2,1-2H3,(H,9,10). The summed E-state index contributed by atoms with van der Waals surface area (Å²) in [7, 11) is 0. The van der Waals surface area contributed by atoms with Crippen molar-refractivity contribution in [2.75, 3.05) is 19.8 Å². The average molecular weight is 173 g/mol. The van der Waals surface area contributed by atoms with E-state index in [0.717, 1.165) is 0 Å². The first-order valence-electron chi connectivity index (χ1n) is 4.17. The molecule has 0 aromatic carbocycles. The molecule has 0 aromatic heterocycles. The second-order valence-electron chi connectivity index (χ2n) is 3.16. The molecule has 1 aliphatic rings. The fourth-order valence-corrected chi connectivity index (χ4v) is 0.831. The van der Waals surface area contributed by atoms with Gasteiger partial charge in [0.15, 0.2) is 0 Å². The minimum absolute atomic E-state index is 0.0583. The number of rotatable bonds is 4. The molecule has 0 bridgehead atoms. The lowest BCUT2D eigenvalue weighted by molar-refractivity contribution is -0.131. The molecule has 1 N–H and O–H groups in total. The lowest BCUT2D eigenvalue weighted by atomic mass is 10.2. The van der Waals surface area contributed by atoms with Crippen LogP contribution in [0, 0.1) is 0 Å². The lowest BCUT2D eigenvalue weighted by Crippen LogP contribution is -2.49. The van der Waals surface area contributed by atoms with E-state index in [2.05, 4.69) is 5.32 Å². The molecule has 4 heteroatoms. The Morgan fingerprint density at radius 2 is 2.33 bits per heavy atom. The molecule has 12 heavy (non-hydrogen) atoms. The van der Waals surface area contributed by atoms with Gasteiger partial charge in [-0.05, 0) is 13.8 Å². The van der Waals surface area contributed by atoms with Gasteiger partial charge in [-0.2, -0.15) is 0 Å². The zero-order chi connectivity index (χ0) is 8.97. The minimum atomic E-state index is -0.0583. The first-order valence-corrected chi connectivity index (χ1v) is 4.17. The predicted molar refractivity (Wildman–Crippen MR) is 43.8 cm³/mol. The maximum absolute atomic E-state index is 11.1. The molecule has 0 aliphatic carbocycles. The highest BCUT2D eigenvalue weighted by molar-refractivity contribution is 5.77. The van der Waals surface area contributed by atoms with Crippen molar-refractivity contribution >= 4 is 5.91 Å². The van der Waals surface area contributed by atoms with E-state index in [0.29, 0.717) is 13.2 Å². The fourth-order valence-electron chi connectivity index (χ4n) is 0.831. The quantitative estimate of drug-likeness (QED) is 0.647. The third-order valence-corrected chi connectivity index (χ3v) is 1.55. The Morgan fingerprint density at radius 1 is 1.67 bits per heavy atom. The normalized spacial score (nSPS) is 17.6. The van der Waals surface area contributed by atoms with Gasteiger partial charge in [0.1, 0.15) is 6.61 Å². The number of carbonyl (C=O) groups excluding carboxylic acids is 1. The van der Waals surface area contributed by atoms with Gasteiger partial charge in [-0.3, -0.25) is 4.79 Å². The Morgan fingerprint density at radius 3 is 2.75 bits per heavy atom. The summed E-state index contributed by atoms with van der Waals surface area (Å²) in [5.74, 6) is -0.0583. The van der Waals surface area contributed by atoms with Gasteiger partial charge in [0.25, 0.3) is 0 Å². The monoisotopic (exact) mass is 173 g/mol. The summed E-state index contributed by atoms with van der Waals surface area (Å²) in [5, 5.41) is 2.78. The van der Waals surface area contributed by atoms with Gasteiger partial charge in [0, 0.05) is 0 Å². The Bertz CT molecular complexity index is 154. The first kappa shape index (κ1) is 9.48. The molecule has 1 heterocycles.